The van der Waals surface area contributed by atoms with Crippen LogP contribution in [0.25, 0.3) is 22.0 Å². The van der Waals surface area contributed by atoms with Crippen LogP contribution in [-0.2, 0) is 16.6 Å². The number of nitrogens with one attached hydrogen (secondary N) is 2. The molecule has 0 radical (unpaired) electrons. The highest BCUT2D eigenvalue weighted by Gasteiger charge is 2.22. The molecule has 1 saturated heterocycles. The second-order valence-corrected chi connectivity index (χ2v) is 17.7. The predicted molar refractivity (Wildman–Crippen MR) is 234 cm³/mol. The normalized spacial score (nSPS) is 14.3. The number of piperazine rings is 1. The number of sulfonamides is 1. The van der Waals surface area contributed by atoms with Gasteiger partial charge in [0.15, 0.2) is 5.82 Å². The van der Waals surface area contributed by atoms with Crippen LogP contribution in [-0.4, -0.2) is 86.8 Å². The van der Waals surface area contributed by atoms with Crippen LogP contribution < -0.4 is 14.9 Å². The molecule has 0 bridgehead atoms. The third-order valence-corrected chi connectivity index (χ3v) is 12.9. The summed E-state index contributed by atoms with van der Waals surface area (Å²) in [4.78, 5) is 17.3. The van der Waals surface area contributed by atoms with Gasteiger partial charge in [0.25, 0.3) is 10.0 Å². The molecular formula is C44H48ClN7O2S2. The second kappa shape index (κ2) is 18.1. The van der Waals surface area contributed by atoms with Crippen molar-refractivity contribution in [3.05, 3.63) is 138 Å². The molecule has 1 aliphatic heterocycles. The highest BCUT2D eigenvalue weighted by atomic mass is 35.5. The van der Waals surface area contributed by atoms with Crippen molar-refractivity contribution in [3.63, 3.8) is 0 Å². The lowest BCUT2D eigenvalue weighted by Gasteiger charge is -2.36. The Morgan fingerprint density at radius 3 is 2.34 bits per heavy atom. The molecule has 0 aliphatic carbocycles. The van der Waals surface area contributed by atoms with Crippen molar-refractivity contribution in [2.45, 2.75) is 35.7 Å². The van der Waals surface area contributed by atoms with E-state index >= 15 is 0 Å². The summed E-state index contributed by atoms with van der Waals surface area (Å²) in [5.41, 5.74) is 7.11. The number of hydrogen-bond acceptors (Lipinski definition) is 9. The average molecular weight is 807 g/mol. The lowest BCUT2D eigenvalue weighted by molar-refractivity contribution is 0.250. The number of anilines is 3. The molecule has 290 valence electrons. The standard InChI is InChI=1S/C44H48ClN7O2S2/c1-32-26-39(16-19-42(32)48-36(20-21-50(2)3)30-55-38-12-8-5-9-13-38)56(53,54)49-44-41-18-15-37(28-43(41)46-31-47-44)52-24-22-51(23-25-52)29-34-27-35(45)14-17-40(34)33-10-6-4-7-11-33/h4-19,26-28,31,36,48H,20-25,29-30H2,1-3H3,(H,46,47,49)/t36-/m1/s1. The van der Waals surface area contributed by atoms with E-state index in [4.69, 9.17) is 11.6 Å². The third kappa shape index (κ3) is 10.0. The molecule has 0 saturated carbocycles. The van der Waals surface area contributed by atoms with Gasteiger partial charge in [-0.25, -0.2) is 18.4 Å². The minimum Gasteiger partial charge on any atom is -0.381 e. The number of aryl methyl sites for hydroxylation is 1. The van der Waals surface area contributed by atoms with Crippen molar-refractivity contribution in [2.24, 2.45) is 0 Å². The van der Waals surface area contributed by atoms with Crippen LogP contribution in [0.2, 0.25) is 5.02 Å². The first-order chi connectivity index (χ1) is 27.1. The van der Waals surface area contributed by atoms with Crippen molar-refractivity contribution in [3.8, 4) is 11.1 Å². The Morgan fingerprint density at radius 1 is 0.857 bits per heavy atom. The molecule has 56 heavy (non-hydrogen) atoms. The Labute approximate surface area is 340 Å². The summed E-state index contributed by atoms with van der Waals surface area (Å²) in [5, 5.41) is 5.07. The summed E-state index contributed by atoms with van der Waals surface area (Å²) in [6.45, 7) is 7.18. The highest BCUT2D eigenvalue weighted by molar-refractivity contribution is 7.99. The Morgan fingerprint density at radius 2 is 1.61 bits per heavy atom. The van der Waals surface area contributed by atoms with E-state index in [1.54, 1.807) is 12.1 Å². The van der Waals surface area contributed by atoms with E-state index in [9.17, 15) is 8.42 Å². The summed E-state index contributed by atoms with van der Waals surface area (Å²) < 4.78 is 30.2. The van der Waals surface area contributed by atoms with Crippen LogP contribution in [0.5, 0.6) is 0 Å². The smallest absolute Gasteiger partial charge is 0.263 e. The van der Waals surface area contributed by atoms with Crippen LogP contribution in [0, 0.1) is 6.92 Å². The van der Waals surface area contributed by atoms with Crippen LogP contribution >= 0.6 is 23.4 Å². The van der Waals surface area contributed by atoms with Gasteiger partial charge in [0.1, 0.15) is 6.33 Å². The number of hydrogen-bond donors (Lipinski definition) is 2. The fraction of sp³-hybridized carbons (Fsp3) is 0.273. The first-order valence-corrected chi connectivity index (χ1v) is 21.7. The molecule has 2 N–H and O–H groups in total. The number of fused-ring (bicyclic) bond motifs is 1. The van der Waals surface area contributed by atoms with Crippen molar-refractivity contribution < 1.29 is 8.42 Å². The lowest BCUT2D eigenvalue weighted by atomic mass is 9.99. The van der Waals surface area contributed by atoms with Gasteiger partial charge in [-0.2, -0.15) is 0 Å². The van der Waals surface area contributed by atoms with Crippen molar-refractivity contribution >= 4 is 61.5 Å². The molecule has 9 nitrogen and oxygen atoms in total. The van der Waals surface area contributed by atoms with Crippen molar-refractivity contribution in [1.82, 2.24) is 19.8 Å². The molecule has 1 fully saturated rings. The molecule has 0 unspecified atom stereocenters. The van der Waals surface area contributed by atoms with Crippen LogP contribution in [0.3, 0.4) is 0 Å². The Hall–Kier alpha value is -4.65. The van der Waals surface area contributed by atoms with E-state index in [0.717, 1.165) is 73.4 Å². The number of rotatable bonds is 15. The predicted octanol–water partition coefficient (Wildman–Crippen LogP) is 8.91. The summed E-state index contributed by atoms with van der Waals surface area (Å²) in [7, 11) is 0.223. The van der Waals surface area contributed by atoms with Gasteiger partial charge >= 0.3 is 0 Å². The summed E-state index contributed by atoms with van der Waals surface area (Å²) in [6.07, 6.45) is 2.36. The lowest BCUT2D eigenvalue weighted by Crippen LogP contribution is -2.46. The second-order valence-electron chi connectivity index (χ2n) is 14.5. The van der Waals surface area contributed by atoms with Gasteiger partial charge in [0, 0.05) is 71.2 Å². The summed E-state index contributed by atoms with van der Waals surface area (Å²) >= 11 is 8.26. The molecule has 1 aromatic heterocycles. The van der Waals surface area contributed by atoms with E-state index in [-0.39, 0.29) is 16.8 Å². The molecule has 5 aromatic carbocycles. The van der Waals surface area contributed by atoms with Crippen LogP contribution in [0.1, 0.15) is 17.5 Å². The zero-order valence-corrected chi connectivity index (χ0v) is 34.4. The molecule has 1 aliphatic rings. The van der Waals surface area contributed by atoms with E-state index in [0.29, 0.717) is 10.9 Å². The molecule has 2 heterocycles. The van der Waals surface area contributed by atoms with E-state index < -0.39 is 10.0 Å². The topological polar surface area (TPSA) is 93.7 Å². The first-order valence-electron chi connectivity index (χ1n) is 18.9. The van der Waals surface area contributed by atoms with Gasteiger partial charge < -0.3 is 15.1 Å². The zero-order valence-electron chi connectivity index (χ0n) is 32.0. The Kier molecular flexibility index (Phi) is 12.8. The Balaban J connectivity index is 0.998. The molecule has 6 aromatic rings. The van der Waals surface area contributed by atoms with Crippen LogP contribution in [0.4, 0.5) is 17.2 Å². The number of thioether (sulfide) groups is 1. The summed E-state index contributed by atoms with van der Waals surface area (Å²) in [5.74, 6) is 1.14. The van der Waals surface area contributed by atoms with E-state index in [1.165, 1.54) is 27.9 Å². The fourth-order valence-electron chi connectivity index (χ4n) is 7.02. The maximum atomic E-state index is 13.7. The van der Waals surface area contributed by atoms with E-state index in [2.05, 4.69) is 109 Å². The first kappa shape index (κ1) is 39.6. The quantitative estimate of drug-likeness (QED) is 0.0988. The largest absolute Gasteiger partial charge is 0.381 e. The fourth-order valence-corrected chi connectivity index (χ4v) is 9.32. The van der Waals surface area contributed by atoms with Gasteiger partial charge in [-0.05, 0) is 117 Å². The van der Waals surface area contributed by atoms with Gasteiger partial charge in [0.05, 0.1) is 10.4 Å². The van der Waals surface area contributed by atoms with Crippen molar-refractivity contribution in [1.29, 1.82) is 0 Å². The number of halogens is 1. The van der Waals surface area contributed by atoms with Gasteiger partial charge in [-0.1, -0.05) is 66.2 Å². The minimum absolute atomic E-state index is 0.180. The maximum absolute atomic E-state index is 13.7. The third-order valence-electron chi connectivity index (χ3n) is 10.1. The van der Waals surface area contributed by atoms with Gasteiger partial charge in [-0.15, -0.1) is 11.8 Å². The average Bonchev–Trinajstić information content (AvgIpc) is 3.20. The van der Waals surface area contributed by atoms with Crippen molar-refractivity contribution in [2.75, 3.05) is 67.5 Å². The number of nitrogens with zero attached hydrogens (tertiary/aromatic N) is 5. The monoisotopic (exact) mass is 805 g/mol. The highest BCUT2D eigenvalue weighted by Crippen LogP contribution is 2.31. The molecule has 12 heteroatoms. The molecule has 1 atom stereocenters. The molecule has 0 amide bonds. The minimum atomic E-state index is -3.93. The SMILES string of the molecule is Cc1cc(S(=O)(=O)Nc2ncnc3cc(N4CCN(Cc5cc(Cl)ccc5-c5ccccc5)CC4)ccc23)ccc1N[C@H](CCN(C)C)CSc1ccccc1. The summed E-state index contributed by atoms with van der Waals surface area (Å²) in [6, 6.07) is 38.3. The Bertz CT molecular complexity index is 2360. The number of benzene rings is 5. The van der Waals surface area contributed by atoms with Crippen LogP contribution in [0.15, 0.2) is 131 Å². The van der Waals surface area contributed by atoms with Gasteiger partial charge in [0.2, 0.25) is 0 Å². The number of aromatic nitrogens is 2. The zero-order chi connectivity index (χ0) is 39.1. The molecule has 7 rings (SSSR count). The van der Waals surface area contributed by atoms with Gasteiger partial charge in [-0.3, -0.25) is 9.62 Å². The molecule has 0 spiro atoms. The molecular weight excluding hydrogens is 758 g/mol. The van der Waals surface area contributed by atoms with E-state index in [1.807, 2.05) is 61.2 Å². The maximum Gasteiger partial charge on any atom is 0.263 e.